The Balaban J connectivity index is 1.40. The van der Waals surface area contributed by atoms with Gasteiger partial charge in [-0.3, -0.25) is 9.78 Å². The van der Waals surface area contributed by atoms with E-state index in [1.807, 2.05) is 60.9 Å². The zero-order valence-corrected chi connectivity index (χ0v) is 15.6. The highest BCUT2D eigenvalue weighted by atomic mass is 16.7. The monoisotopic (exact) mass is 385 g/mol. The van der Waals surface area contributed by atoms with Crippen LogP contribution in [-0.4, -0.2) is 22.7 Å². The summed E-state index contributed by atoms with van der Waals surface area (Å²) in [5, 5.41) is 4.10. The van der Waals surface area contributed by atoms with E-state index in [1.165, 1.54) is 0 Å². The molecule has 0 radical (unpaired) electrons. The molecular formula is C23H19N3O3. The molecule has 0 bridgehead atoms. The minimum Gasteiger partial charge on any atom is -0.454 e. The molecule has 5 rings (SSSR count). The standard InChI is InChI=1S/C23H19N3O3/c27-23(17-4-5-19-16(12-17)2-1-8-25-19)26-20(18-7-9-24-13-18)10-15-3-6-21-22(11-15)29-14-28-21/h1-9,11-13,20,24H,10,14H2,(H,26,27). The van der Waals surface area contributed by atoms with Crippen molar-refractivity contribution in [1.82, 2.24) is 15.3 Å². The smallest absolute Gasteiger partial charge is 0.251 e. The number of carbonyl (C=O) groups excluding carboxylic acids is 1. The summed E-state index contributed by atoms with van der Waals surface area (Å²) in [4.78, 5) is 20.4. The first-order valence-electron chi connectivity index (χ1n) is 9.43. The van der Waals surface area contributed by atoms with Gasteiger partial charge in [-0.2, -0.15) is 0 Å². The Morgan fingerprint density at radius 3 is 2.93 bits per heavy atom. The molecule has 1 amide bonds. The van der Waals surface area contributed by atoms with Crippen molar-refractivity contribution in [2.75, 3.05) is 6.79 Å². The predicted octanol–water partition coefficient (Wildman–Crippen LogP) is 4.01. The van der Waals surface area contributed by atoms with Crippen LogP contribution in [0.3, 0.4) is 0 Å². The van der Waals surface area contributed by atoms with Crippen LogP contribution >= 0.6 is 0 Å². The minimum atomic E-state index is -0.182. The number of fused-ring (bicyclic) bond motifs is 2. The molecule has 0 saturated heterocycles. The van der Waals surface area contributed by atoms with Crippen molar-refractivity contribution in [1.29, 1.82) is 0 Å². The van der Waals surface area contributed by atoms with E-state index in [1.54, 1.807) is 12.3 Å². The maximum absolute atomic E-state index is 13.0. The Bertz CT molecular complexity index is 1170. The third-order valence-electron chi connectivity index (χ3n) is 5.07. The van der Waals surface area contributed by atoms with E-state index in [9.17, 15) is 4.79 Å². The molecule has 0 fully saturated rings. The molecule has 1 unspecified atom stereocenters. The molecule has 144 valence electrons. The Kier molecular flexibility index (Phi) is 4.37. The van der Waals surface area contributed by atoms with Crippen molar-refractivity contribution < 1.29 is 14.3 Å². The average Bonchev–Trinajstić information content (AvgIpc) is 3.44. The van der Waals surface area contributed by atoms with Crippen molar-refractivity contribution in [3.8, 4) is 11.5 Å². The lowest BCUT2D eigenvalue weighted by molar-refractivity contribution is 0.0936. The summed E-state index contributed by atoms with van der Waals surface area (Å²) in [6.45, 7) is 0.244. The van der Waals surface area contributed by atoms with Crippen LogP contribution in [0.25, 0.3) is 10.9 Å². The molecule has 2 aromatic carbocycles. The summed E-state index contributed by atoms with van der Waals surface area (Å²) in [7, 11) is 0. The molecular weight excluding hydrogens is 366 g/mol. The zero-order chi connectivity index (χ0) is 19.6. The lowest BCUT2D eigenvalue weighted by Crippen LogP contribution is -2.29. The molecule has 2 aromatic heterocycles. The van der Waals surface area contributed by atoms with Crippen LogP contribution in [0.5, 0.6) is 11.5 Å². The van der Waals surface area contributed by atoms with Crippen LogP contribution in [-0.2, 0) is 6.42 Å². The van der Waals surface area contributed by atoms with Crippen LogP contribution < -0.4 is 14.8 Å². The second-order valence-electron chi connectivity index (χ2n) is 6.97. The van der Waals surface area contributed by atoms with Gasteiger partial charge in [-0.25, -0.2) is 0 Å². The van der Waals surface area contributed by atoms with Gasteiger partial charge in [0.2, 0.25) is 6.79 Å². The fraction of sp³-hybridized carbons (Fsp3) is 0.130. The summed E-state index contributed by atoms with van der Waals surface area (Å²) < 4.78 is 10.9. The Hall–Kier alpha value is -3.80. The Morgan fingerprint density at radius 2 is 2.03 bits per heavy atom. The number of hydrogen-bond donors (Lipinski definition) is 2. The molecule has 1 atom stereocenters. The number of aromatic amines is 1. The molecule has 1 aliphatic heterocycles. The quantitative estimate of drug-likeness (QED) is 0.544. The number of benzene rings is 2. The van der Waals surface area contributed by atoms with Gasteiger partial charge in [0, 0.05) is 29.5 Å². The molecule has 0 saturated carbocycles. The number of carbonyl (C=O) groups is 1. The van der Waals surface area contributed by atoms with Crippen molar-refractivity contribution in [3.63, 3.8) is 0 Å². The number of nitrogens with zero attached hydrogens (tertiary/aromatic N) is 1. The predicted molar refractivity (Wildman–Crippen MR) is 109 cm³/mol. The molecule has 3 heterocycles. The number of ether oxygens (including phenoxy) is 2. The molecule has 6 nitrogen and oxygen atoms in total. The molecule has 6 heteroatoms. The van der Waals surface area contributed by atoms with Crippen LogP contribution in [0.4, 0.5) is 0 Å². The van der Waals surface area contributed by atoms with E-state index in [4.69, 9.17) is 9.47 Å². The van der Waals surface area contributed by atoms with Crippen LogP contribution in [0.15, 0.2) is 73.2 Å². The highest BCUT2D eigenvalue weighted by Crippen LogP contribution is 2.33. The number of rotatable bonds is 5. The zero-order valence-electron chi connectivity index (χ0n) is 15.6. The Labute approximate surface area is 167 Å². The van der Waals surface area contributed by atoms with Gasteiger partial charge in [0.15, 0.2) is 11.5 Å². The van der Waals surface area contributed by atoms with Gasteiger partial charge >= 0.3 is 0 Å². The van der Waals surface area contributed by atoms with Crippen molar-refractivity contribution in [3.05, 3.63) is 89.9 Å². The highest BCUT2D eigenvalue weighted by Gasteiger charge is 2.19. The van der Waals surface area contributed by atoms with Crippen molar-refractivity contribution >= 4 is 16.8 Å². The van der Waals surface area contributed by atoms with Crippen molar-refractivity contribution in [2.24, 2.45) is 0 Å². The van der Waals surface area contributed by atoms with Crippen molar-refractivity contribution in [2.45, 2.75) is 12.5 Å². The maximum Gasteiger partial charge on any atom is 0.251 e. The van der Waals surface area contributed by atoms with Gasteiger partial charge in [-0.1, -0.05) is 12.1 Å². The summed E-state index contributed by atoms with van der Waals surface area (Å²) in [5.41, 5.74) is 3.55. The highest BCUT2D eigenvalue weighted by molar-refractivity contribution is 5.98. The first kappa shape index (κ1) is 17.3. The second-order valence-corrected chi connectivity index (χ2v) is 6.97. The van der Waals surface area contributed by atoms with E-state index in [-0.39, 0.29) is 18.7 Å². The van der Waals surface area contributed by atoms with Gasteiger partial charge in [-0.15, -0.1) is 0 Å². The minimum absolute atomic E-state index is 0.123. The lowest BCUT2D eigenvalue weighted by atomic mass is 10.00. The molecule has 2 N–H and O–H groups in total. The molecule has 0 spiro atoms. The third kappa shape index (κ3) is 3.52. The fourth-order valence-electron chi connectivity index (χ4n) is 3.57. The third-order valence-corrected chi connectivity index (χ3v) is 5.07. The molecule has 1 aliphatic rings. The summed E-state index contributed by atoms with van der Waals surface area (Å²) in [6.07, 6.45) is 6.14. The van der Waals surface area contributed by atoms with Gasteiger partial charge < -0.3 is 19.8 Å². The van der Waals surface area contributed by atoms with Crippen LogP contribution in [0.2, 0.25) is 0 Å². The summed E-state index contributed by atoms with van der Waals surface area (Å²) >= 11 is 0. The van der Waals surface area contributed by atoms with E-state index in [0.29, 0.717) is 12.0 Å². The largest absolute Gasteiger partial charge is 0.454 e. The molecule has 0 aliphatic carbocycles. The van der Waals surface area contributed by atoms with Crippen LogP contribution in [0, 0.1) is 0 Å². The lowest BCUT2D eigenvalue weighted by Gasteiger charge is -2.18. The average molecular weight is 385 g/mol. The van der Waals surface area contributed by atoms with Gasteiger partial charge in [0.05, 0.1) is 11.6 Å². The topological polar surface area (TPSA) is 76.2 Å². The summed E-state index contributed by atoms with van der Waals surface area (Å²) in [5.74, 6) is 1.37. The SMILES string of the molecule is O=C(NC(Cc1ccc2c(c1)OCO2)c1cc[nH]c1)c1ccc2ncccc2c1. The number of aromatic nitrogens is 2. The summed E-state index contributed by atoms with van der Waals surface area (Å²) in [6, 6.07) is 17.0. The first-order chi connectivity index (χ1) is 14.3. The van der Waals surface area contributed by atoms with Gasteiger partial charge in [-0.05, 0) is 60.0 Å². The fourth-order valence-corrected chi connectivity index (χ4v) is 3.57. The van der Waals surface area contributed by atoms with E-state index in [0.717, 1.165) is 33.5 Å². The number of hydrogen-bond acceptors (Lipinski definition) is 4. The van der Waals surface area contributed by atoms with E-state index >= 15 is 0 Å². The van der Waals surface area contributed by atoms with E-state index in [2.05, 4.69) is 15.3 Å². The van der Waals surface area contributed by atoms with Crippen LogP contribution in [0.1, 0.15) is 27.5 Å². The first-order valence-corrected chi connectivity index (χ1v) is 9.43. The second kappa shape index (κ2) is 7.31. The number of amides is 1. The normalized spacial score (nSPS) is 13.4. The van der Waals surface area contributed by atoms with Gasteiger partial charge in [0.25, 0.3) is 5.91 Å². The Morgan fingerprint density at radius 1 is 1.10 bits per heavy atom. The molecule has 4 aromatic rings. The number of nitrogens with one attached hydrogen (secondary N) is 2. The van der Waals surface area contributed by atoms with Gasteiger partial charge in [0.1, 0.15) is 0 Å². The molecule has 29 heavy (non-hydrogen) atoms. The van der Waals surface area contributed by atoms with E-state index < -0.39 is 0 Å². The maximum atomic E-state index is 13.0. The number of pyridine rings is 1. The number of H-pyrrole nitrogens is 1.